The fourth-order valence-corrected chi connectivity index (χ4v) is 7.87. The van der Waals surface area contributed by atoms with Crippen LogP contribution in [0.15, 0.2) is 188 Å². The van der Waals surface area contributed by atoms with E-state index in [4.69, 9.17) is 19.9 Å². The van der Waals surface area contributed by atoms with Crippen LogP contribution in [0.4, 0.5) is 13.2 Å². The molecule has 60 heavy (non-hydrogen) atoms. The van der Waals surface area contributed by atoms with E-state index in [1.165, 1.54) is 12.1 Å². The van der Waals surface area contributed by atoms with E-state index in [-0.39, 0.29) is 22.8 Å². The number of fused-ring (bicyclic) bond motifs is 3. The molecule has 5 nitrogen and oxygen atoms in total. The van der Waals surface area contributed by atoms with Crippen LogP contribution in [0.5, 0.6) is 0 Å². The zero-order chi connectivity index (χ0) is 40.8. The van der Waals surface area contributed by atoms with E-state index in [2.05, 4.69) is 6.07 Å². The minimum Gasteiger partial charge on any atom is -0.308 e. The van der Waals surface area contributed by atoms with Crippen LogP contribution in [0.3, 0.4) is 0 Å². The summed E-state index contributed by atoms with van der Waals surface area (Å²) in [5.74, 6) is 0.246. The fraction of sp³-hybridized carbons (Fsp3) is 0.0385. The monoisotopic (exact) mass is 785 g/mol. The third-order valence-corrected chi connectivity index (χ3v) is 10.7. The Morgan fingerprint density at radius 2 is 0.783 bits per heavy atom. The van der Waals surface area contributed by atoms with Gasteiger partial charge in [-0.3, -0.25) is 0 Å². The first-order chi connectivity index (χ1) is 29.3. The highest BCUT2D eigenvalue weighted by Gasteiger charge is 2.35. The summed E-state index contributed by atoms with van der Waals surface area (Å²) in [5, 5.41) is 1.90. The molecular formula is C52H34F3N5. The number of aromatic nitrogens is 5. The maximum Gasteiger partial charge on any atom is 0.416 e. The normalized spacial score (nSPS) is 11.7. The standard InChI is InChI=1S/C52H34F3N5/c1-33-26-27-48-40(28-33)39-24-14-15-25-47(39)60(48)49-41(50-56-43(34-16-6-2-7-17-34)31-44(57-50)35-18-8-3-9-19-35)29-38(52(53,54)55)30-42(49)51-58-45(36-20-10-4-11-21-36)32-46(59-51)37-22-12-5-13-23-37/h2-32H,1H3. The maximum absolute atomic E-state index is 15.5. The van der Waals surface area contributed by atoms with Crippen LogP contribution in [-0.4, -0.2) is 24.5 Å². The van der Waals surface area contributed by atoms with Crippen molar-refractivity contribution in [1.82, 2.24) is 24.5 Å². The van der Waals surface area contributed by atoms with Gasteiger partial charge in [-0.25, -0.2) is 19.9 Å². The summed E-state index contributed by atoms with van der Waals surface area (Å²) in [6.07, 6.45) is -4.75. The first-order valence-electron chi connectivity index (χ1n) is 19.5. The minimum absolute atomic E-state index is 0.123. The van der Waals surface area contributed by atoms with Crippen molar-refractivity contribution in [3.8, 4) is 73.5 Å². The third-order valence-electron chi connectivity index (χ3n) is 10.7. The van der Waals surface area contributed by atoms with E-state index in [0.717, 1.165) is 49.6 Å². The van der Waals surface area contributed by atoms with Crippen LogP contribution >= 0.6 is 0 Å². The molecule has 0 amide bonds. The van der Waals surface area contributed by atoms with Crippen molar-refractivity contribution < 1.29 is 13.2 Å². The lowest BCUT2D eigenvalue weighted by molar-refractivity contribution is -0.137. The van der Waals surface area contributed by atoms with Gasteiger partial charge in [0.25, 0.3) is 0 Å². The molecular weight excluding hydrogens is 752 g/mol. The van der Waals surface area contributed by atoms with E-state index in [0.29, 0.717) is 28.5 Å². The molecule has 3 heterocycles. The van der Waals surface area contributed by atoms with Gasteiger partial charge in [0.05, 0.1) is 45.1 Å². The van der Waals surface area contributed by atoms with E-state index in [1.807, 2.05) is 181 Å². The molecule has 0 bridgehead atoms. The van der Waals surface area contributed by atoms with Gasteiger partial charge in [0, 0.05) is 44.2 Å². The quantitative estimate of drug-likeness (QED) is 0.161. The highest BCUT2D eigenvalue weighted by Crippen LogP contribution is 2.45. The second-order valence-electron chi connectivity index (χ2n) is 14.7. The van der Waals surface area contributed by atoms with Crippen LogP contribution in [0.2, 0.25) is 0 Å². The van der Waals surface area contributed by atoms with Gasteiger partial charge < -0.3 is 4.57 Å². The summed E-state index contributed by atoms with van der Waals surface area (Å²) in [6.45, 7) is 2.03. The Morgan fingerprint density at radius 3 is 1.20 bits per heavy atom. The molecule has 0 N–H and O–H groups in total. The first-order valence-corrected chi connectivity index (χ1v) is 19.5. The van der Waals surface area contributed by atoms with E-state index >= 15 is 13.2 Å². The molecule has 3 aromatic heterocycles. The topological polar surface area (TPSA) is 56.5 Å². The highest BCUT2D eigenvalue weighted by atomic mass is 19.4. The Morgan fingerprint density at radius 1 is 0.400 bits per heavy atom. The lowest BCUT2D eigenvalue weighted by atomic mass is 9.98. The summed E-state index contributed by atoms with van der Waals surface area (Å²) in [4.78, 5) is 20.4. The molecule has 7 aromatic carbocycles. The van der Waals surface area contributed by atoms with Gasteiger partial charge in [-0.05, 0) is 49.4 Å². The number of rotatable bonds is 7. The summed E-state index contributed by atoms with van der Waals surface area (Å²) < 4.78 is 48.5. The number of halogens is 3. The van der Waals surface area contributed by atoms with E-state index < -0.39 is 11.7 Å². The summed E-state index contributed by atoms with van der Waals surface area (Å²) in [5.41, 5.74) is 7.99. The van der Waals surface area contributed by atoms with Gasteiger partial charge in [0.2, 0.25) is 0 Å². The van der Waals surface area contributed by atoms with Gasteiger partial charge in [0.15, 0.2) is 11.6 Å². The molecule has 0 aliphatic heterocycles. The largest absolute Gasteiger partial charge is 0.416 e. The van der Waals surface area contributed by atoms with Crippen LogP contribution in [-0.2, 0) is 6.18 Å². The average Bonchev–Trinajstić information content (AvgIpc) is 3.62. The zero-order valence-electron chi connectivity index (χ0n) is 32.3. The number of benzene rings is 7. The van der Waals surface area contributed by atoms with Crippen molar-refractivity contribution in [3.63, 3.8) is 0 Å². The lowest BCUT2D eigenvalue weighted by Crippen LogP contribution is -2.11. The lowest BCUT2D eigenvalue weighted by Gasteiger charge is -2.21. The van der Waals surface area contributed by atoms with Gasteiger partial charge in [-0.1, -0.05) is 151 Å². The minimum atomic E-state index is -4.75. The van der Waals surface area contributed by atoms with Gasteiger partial charge in [0.1, 0.15) is 0 Å². The van der Waals surface area contributed by atoms with Gasteiger partial charge in [-0.15, -0.1) is 0 Å². The number of aryl methyl sites for hydroxylation is 1. The van der Waals surface area contributed by atoms with Crippen LogP contribution in [0, 0.1) is 6.92 Å². The molecule has 0 saturated heterocycles. The molecule has 8 heteroatoms. The molecule has 0 unspecified atom stereocenters. The van der Waals surface area contributed by atoms with Gasteiger partial charge >= 0.3 is 6.18 Å². The van der Waals surface area contributed by atoms with Crippen molar-refractivity contribution in [2.45, 2.75) is 13.1 Å². The zero-order valence-corrected chi connectivity index (χ0v) is 32.3. The second kappa shape index (κ2) is 14.9. The molecule has 0 aliphatic carbocycles. The molecule has 10 aromatic rings. The van der Waals surface area contributed by atoms with E-state index in [9.17, 15) is 0 Å². The van der Waals surface area contributed by atoms with Crippen molar-refractivity contribution in [2.24, 2.45) is 0 Å². The van der Waals surface area contributed by atoms with Crippen molar-refractivity contribution in [1.29, 1.82) is 0 Å². The highest BCUT2D eigenvalue weighted by molar-refractivity contribution is 6.10. The van der Waals surface area contributed by atoms with Crippen molar-refractivity contribution in [2.75, 3.05) is 0 Å². The van der Waals surface area contributed by atoms with E-state index in [1.54, 1.807) is 0 Å². The number of hydrogen-bond acceptors (Lipinski definition) is 4. The smallest absolute Gasteiger partial charge is 0.308 e. The summed E-state index contributed by atoms with van der Waals surface area (Å²) in [7, 11) is 0. The van der Waals surface area contributed by atoms with Crippen molar-refractivity contribution in [3.05, 3.63) is 199 Å². The molecule has 0 spiro atoms. The number of hydrogen-bond donors (Lipinski definition) is 0. The molecule has 0 saturated carbocycles. The van der Waals surface area contributed by atoms with Crippen LogP contribution in [0.1, 0.15) is 11.1 Å². The van der Waals surface area contributed by atoms with Crippen molar-refractivity contribution >= 4 is 21.8 Å². The molecule has 288 valence electrons. The first kappa shape index (κ1) is 36.6. The molecule has 0 fully saturated rings. The summed E-state index contributed by atoms with van der Waals surface area (Å²) in [6, 6.07) is 58.6. The molecule has 0 radical (unpaired) electrons. The maximum atomic E-state index is 15.5. The Labute approximate surface area is 344 Å². The molecule has 10 rings (SSSR count). The molecule has 0 atom stereocenters. The van der Waals surface area contributed by atoms with Crippen LogP contribution in [0.25, 0.3) is 95.3 Å². The number of nitrogens with zero attached hydrogens (tertiary/aromatic N) is 5. The molecule has 0 aliphatic rings. The van der Waals surface area contributed by atoms with Gasteiger partial charge in [-0.2, -0.15) is 13.2 Å². The van der Waals surface area contributed by atoms with Crippen LogP contribution < -0.4 is 0 Å². The number of alkyl halides is 3. The Kier molecular flexibility index (Phi) is 9.10. The average molecular weight is 786 g/mol. The third kappa shape index (κ3) is 6.78. The summed E-state index contributed by atoms with van der Waals surface area (Å²) >= 11 is 0. The fourth-order valence-electron chi connectivity index (χ4n) is 7.87. The number of para-hydroxylation sites is 1. The predicted molar refractivity (Wildman–Crippen MR) is 234 cm³/mol. The Balaban J connectivity index is 1.38. The SMILES string of the molecule is Cc1ccc2c(c1)c1ccccc1n2-c1c(-c2nc(-c3ccccc3)cc(-c3ccccc3)n2)cc(C(F)(F)F)cc1-c1nc(-c2ccccc2)cc(-c2ccccc2)n1. The Bertz CT molecular complexity index is 2920. The predicted octanol–water partition coefficient (Wildman–Crippen LogP) is 13.7. The Hall–Kier alpha value is -7.71. The second-order valence-corrected chi connectivity index (χ2v) is 14.7.